The van der Waals surface area contributed by atoms with Crippen LogP contribution in [0, 0.1) is 0 Å². The van der Waals surface area contributed by atoms with Crippen LogP contribution in [-0.2, 0) is 15.9 Å². The molecule has 1 rings (SSSR count). The van der Waals surface area contributed by atoms with Crippen LogP contribution in [0.2, 0.25) is 0 Å². The molecule has 0 spiro atoms. The first-order valence-corrected chi connectivity index (χ1v) is 9.18. The van der Waals surface area contributed by atoms with Crippen molar-refractivity contribution in [2.75, 3.05) is 6.61 Å². The van der Waals surface area contributed by atoms with Crippen molar-refractivity contribution in [3.8, 4) is 5.75 Å². The van der Waals surface area contributed by atoms with E-state index in [9.17, 15) is 0 Å². The second-order valence-corrected chi connectivity index (χ2v) is 6.01. The second-order valence-electron chi connectivity index (χ2n) is 6.01. The molecule has 0 bridgehead atoms. The van der Waals surface area contributed by atoms with Gasteiger partial charge in [0.15, 0.2) is 12.6 Å². The first-order valence-electron chi connectivity index (χ1n) is 9.18. The molecule has 0 aliphatic heterocycles. The molecule has 2 atom stereocenters. The van der Waals surface area contributed by atoms with Gasteiger partial charge in [-0.1, -0.05) is 51.2 Å². The second kappa shape index (κ2) is 15.2. The summed E-state index contributed by atoms with van der Waals surface area (Å²) >= 11 is 0. The predicted octanol–water partition coefficient (Wildman–Crippen LogP) is 2.83. The van der Waals surface area contributed by atoms with Gasteiger partial charge in [0.2, 0.25) is 0 Å². The van der Waals surface area contributed by atoms with Crippen LogP contribution >= 0.6 is 0 Å². The molecule has 134 valence electrons. The van der Waals surface area contributed by atoms with Crippen molar-refractivity contribution in [3.63, 3.8) is 0 Å². The van der Waals surface area contributed by atoms with Gasteiger partial charge in [-0.25, -0.2) is 0 Å². The third kappa shape index (κ3) is 11.5. The Hall–Kier alpha value is -0.0600. The van der Waals surface area contributed by atoms with Crippen LogP contribution in [0.15, 0.2) is 24.3 Å². The minimum Gasteiger partial charge on any atom is -1.00 e. The summed E-state index contributed by atoms with van der Waals surface area (Å²) in [4.78, 5) is 0. The van der Waals surface area contributed by atoms with Crippen molar-refractivity contribution in [2.24, 2.45) is 0 Å². The van der Waals surface area contributed by atoms with Gasteiger partial charge >= 0.3 is 29.6 Å². The zero-order valence-electron chi connectivity index (χ0n) is 17.3. The molecule has 0 aromatic heterocycles. The molecule has 0 saturated heterocycles. The molecule has 0 heterocycles. The Balaban J connectivity index is 0. The largest absolute Gasteiger partial charge is 1.00 e. The van der Waals surface area contributed by atoms with Crippen LogP contribution in [-0.4, -0.2) is 19.2 Å². The van der Waals surface area contributed by atoms with Crippen molar-refractivity contribution in [2.45, 2.75) is 85.2 Å². The van der Waals surface area contributed by atoms with Crippen molar-refractivity contribution < 1.29 is 45.2 Å². The van der Waals surface area contributed by atoms with Crippen molar-refractivity contribution in [1.82, 2.24) is 0 Å². The fourth-order valence-corrected chi connectivity index (χ4v) is 2.61. The molecule has 0 aliphatic carbocycles. The van der Waals surface area contributed by atoms with E-state index in [-0.39, 0.29) is 43.6 Å². The molecule has 1 aromatic carbocycles. The average Bonchev–Trinajstić information content (AvgIpc) is 2.52. The van der Waals surface area contributed by atoms with E-state index in [0.717, 1.165) is 12.2 Å². The molecule has 2 unspecified atom stereocenters. The van der Waals surface area contributed by atoms with Crippen molar-refractivity contribution in [1.29, 1.82) is 0 Å². The Morgan fingerprint density at radius 3 is 2.12 bits per heavy atom. The van der Waals surface area contributed by atoms with Crippen molar-refractivity contribution >= 4 is 0 Å². The summed E-state index contributed by atoms with van der Waals surface area (Å²) in [5.41, 5.74) is 1.38. The van der Waals surface area contributed by atoms with Gasteiger partial charge < -0.3 is 15.6 Å². The Kier molecular flexibility index (Phi) is 15.2. The zero-order valence-corrected chi connectivity index (χ0v) is 18.3. The van der Waals surface area contributed by atoms with Gasteiger partial charge in [-0.3, -0.25) is 0 Å². The predicted molar refractivity (Wildman–Crippen MR) is 96.9 cm³/mol. The molecule has 0 saturated carbocycles. The minimum atomic E-state index is -0.319. The van der Waals surface area contributed by atoms with Crippen LogP contribution < -0.4 is 34.3 Å². The number of ether oxygens (including phenoxy) is 3. The number of rotatable bonds is 13. The van der Waals surface area contributed by atoms with E-state index in [2.05, 4.69) is 19.1 Å². The van der Waals surface area contributed by atoms with Gasteiger partial charge in [0, 0.05) is 6.61 Å². The van der Waals surface area contributed by atoms with Gasteiger partial charge in [0.05, 0.1) is 0 Å². The third-order valence-corrected chi connectivity index (χ3v) is 3.83. The quantitative estimate of drug-likeness (QED) is 0.312. The van der Waals surface area contributed by atoms with Gasteiger partial charge in [0.1, 0.15) is 5.75 Å². The summed E-state index contributed by atoms with van der Waals surface area (Å²) in [5.74, 6) is 0.841. The monoisotopic (exact) mass is 346 g/mol. The number of hydrogen-bond donors (Lipinski definition) is 0. The Morgan fingerprint density at radius 1 is 0.875 bits per heavy atom. The first-order chi connectivity index (χ1) is 11.2. The molecule has 0 fully saturated rings. The van der Waals surface area contributed by atoms with Crippen molar-refractivity contribution in [3.05, 3.63) is 29.8 Å². The fourth-order valence-electron chi connectivity index (χ4n) is 2.61. The zero-order chi connectivity index (χ0) is 16.9. The van der Waals surface area contributed by atoms with E-state index >= 15 is 0 Å². The van der Waals surface area contributed by atoms with Crippen LogP contribution in [0.3, 0.4) is 0 Å². The Morgan fingerprint density at radius 2 is 1.50 bits per heavy atom. The van der Waals surface area contributed by atoms with E-state index < -0.39 is 0 Å². The molecule has 0 amide bonds. The normalized spacial score (nSPS) is 13.2. The summed E-state index contributed by atoms with van der Waals surface area (Å²) in [5, 5.41) is 0. The van der Waals surface area contributed by atoms with Gasteiger partial charge in [0.25, 0.3) is 0 Å². The van der Waals surface area contributed by atoms with E-state index in [1.807, 2.05) is 32.9 Å². The maximum atomic E-state index is 5.75. The number of hydrogen-bond acceptors (Lipinski definition) is 3. The Bertz CT molecular complexity index is 400. The van der Waals surface area contributed by atoms with E-state index in [0.29, 0.717) is 6.61 Å². The van der Waals surface area contributed by atoms with Crippen LogP contribution in [0.25, 0.3) is 0 Å². The summed E-state index contributed by atoms with van der Waals surface area (Å²) in [6.07, 6.45) is 8.61. The molecule has 0 aliphatic rings. The van der Waals surface area contributed by atoms with E-state index in [1.54, 1.807) is 0 Å². The molecule has 3 nitrogen and oxygen atoms in total. The summed E-state index contributed by atoms with van der Waals surface area (Å²) in [7, 11) is 0. The van der Waals surface area contributed by atoms with Gasteiger partial charge in [-0.15, -0.1) is 0 Å². The summed E-state index contributed by atoms with van der Waals surface area (Å²) in [6.45, 7) is 8.62. The van der Waals surface area contributed by atoms with Crippen LogP contribution in [0.5, 0.6) is 5.75 Å². The van der Waals surface area contributed by atoms with Gasteiger partial charge in [-0.2, -0.15) is 0 Å². The maximum absolute atomic E-state index is 5.75. The van der Waals surface area contributed by atoms with E-state index in [1.165, 1.54) is 44.1 Å². The molecular weight excluding hydrogens is 311 g/mol. The first kappa shape index (κ1) is 23.9. The molecular formula is C20H35NaO3. The smallest absolute Gasteiger partial charge is 1.00 e. The minimum absolute atomic E-state index is 0. The fraction of sp³-hybridized carbons (Fsp3) is 0.700. The molecule has 0 N–H and O–H groups in total. The summed E-state index contributed by atoms with van der Waals surface area (Å²) in [6, 6.07) is 8.36. The average molecular weight is 346 g/mol. The standard InChI is InChI=1S/C20H34O3.Na.H/c1-5-7-8-9-10-11-12-19-13-15-20(16-14-19)23-18(4)22-17(3)21-6-2;;/h13-18H,5-12H2,1-4H3;;/q;+1;-1. The Labute approximate surface area is 172 Å². The molecule has 24 heavy (non-hydrogen) atoms. The molecule has 1 aromatic rings. The van der Waals surface area contributed by atoms with Crippen LogP contribution in [0.4, 0.5) is 0 Å². The number of aryl methyl sites for hydroxylation is 1. The topological polar surface area (TPSA) is 27.7 Å². The maximum Gasteiger partial charge on any atom is 1.00 e. The summed E-state index contributed by atoms with van der Waals surface area (Å²) < 4.78 is 16.7. The molecule has 4 heteroatoms. The number of benzene rings is 1. The number of unbranched alkanes of at least 4 members (excludes halogenated alkanes) is 5. The SMILES string of the molecule is CCCCCCCCc1ccc(OC(C)OC(C)OCC)cc1.[H-].[Na+]. The third-order valence-electron chi connectivity index (χ3n) is 3.83. The van der Waals surface area contributed by atoms with Crippen LogP contribution in [0.1, 0.15) is 73.2 Å². The molecule has 0 radical (unpaired) electrons. The van der Waals surface area contributed by atoms with E-state index in [4.69, 9.17) is 14.2 Å². The van der Waals surface area contributed by atoms with Gasteiger partial charge in [-0.05, 0) is 51.3 Å².